The third kappa shape index (κ3) is 4.69. The highest BCUT2D eigenvalue weighted by molar-refractivity contribution is 14.0. The molecule has 2 heterocycles. The van der Waals surface area contributed by atoms with Gasteiger partial charge in [-0.25, -0.2) is 9.97 Å². The van der Waals surface area contributed by atoms with E-state index < -0.39 is 0 Å². The Kier molecular flexibility index (Phi) is 6.87. The summed E-state index contributed by atoms with van der Waals surface area (Å²) in [5.74, 6) is 1.96. The maximum Gasteiger partial charge on any atom is 0.225 e. The lowest BCUT2D eigenvalue weighted by molar-refractivity contribution is 0.377. The first-order valence-electron chi connectivity index (χ1n) is 9.46. The normalized spacial score (nSPS) is 20.0. The van der Waals surface area contributed by atoms with Crippen molar-refractivity contribution in [2.75, 3.05) is 37.6 Å². The summed E-state index contributed by atoms with van der Waals surface area (Å²) in [7, 11) is 0. The standard InChI is InChI=1S/C20H26N6.HI/c21-19(24-15-17-7-3-6-16-5-1-2-8-18(16)17)25-11-13-26(14-12-25)20-22-9-4-10-23-20;/h1-2,4-5,8-10,17H,3,6-7,11-15H2,(H2,21,24);1H. The minimum atomic E-state index is 0. The molecule has 27 heavy (non-hydrogen) atoms. The second-order valence-corrected chi connectivity index (χ2v) is 7.01. The molecule has 7 heteroatoms. The van der Waals surface area contributed by atoms with Crippen molar-refractivity contribution in [3.05, 3.63) is 53.9 Å². The number of rotatable bonds is 3. The number of hydrogen-bond donors (Lipinski definition) is 1. The van der Waals surface area contributed by atoms with Crippen LogP contribution in [0.5, 0.6) is 0 Å². The molecule has 1 aliphatic carbocycles. The van der Waals surface area contributed by atoms with E-state index in [1.54, 1.807) is 12.4 Å². The number of guanidine groups is 1. The van der Waals surface area contributed by atoms with E-state index in [1.165, 1.54) is 30.4 Å². The number of piperazine rings is 1. The third-order valence-electron chi connectivity index (χ3n) is 5.41. The largest absolute Gasteiger partial charge is 0.370 e. The van der Waals surface area contributed by atoms with E-state index in [0.717, 1.165) is 38.7 Å². The van der Waals surface area contributed by atoms with E-state index in [2.05, 4.69) is 44.0 Å². The molecule has 1 unspecified atom stereocenters. The summed E-state index contributed by atoms with van der Waals surface area (Å²) >= 11 is 0. The highest BCUT2D eigenvalue weighted by Crippen LogP contribution is 2.31. The lowest BCUT2D eigenvalue weighted by Crippen LogP contribution is -2.51. The summed E-state index contributed by atoms with van der Waals surface area (Å²) in [6, 6.07) is 10.6. The number of nitrogens with two attached hydrogens (primary N) is 1. The van der Waals surface area contributed by atoms with Gasteiger partial charge in [0.25, 0.3) is 0 Å². The first kappa shape index (κ1) is 19.9. The van der Waals surface area contributed by atoms with Gasteiger partial charge in [0.1, 0.15) is 0 Å². The minimum Gasteiger partial charge on any atom is -0.370 e. The van der Waals surface area contributed by atoms with Crippen LogP contribution in [0.2, 0.25) is 0 Å². The maximum absolute atomic E-state index is 6.30. The van der Waals surface area contributed by atoms with E-state index in [-0.39, 0.29) is 24.0 Å². The van der Waals surface area contributed by atoms with Crippen molar-refractivity contribution in [1.82, 2.24) is 14.9 Å². The highest BCUT2D eigenvalue weighted by Gasteiger charge is 2.22. The first-order chi connectivity index (χ1) is 12.8. The summed E-state index contributed by atoms with van der Waals surface area (Å²) in [5.41, 5.74) is 9.24. The zero-order valence-electron chi connectivity index (χ0n) is 15.5. The molecule has 1 atom stereocenters. The fourth-order valence-electron chi connectivity index (χ4n) is 3.94. The van der Waals surface area contributed by atoms with Crippen LogP contribution in [0.1, 0.15) is 29.9 Å². The van der Waals surface area contributed by atoms with Crippen LogP contribution in [0.4, 0.5) is 5.95 Å². The van der Waals surface area contributed by atoms with Crippen molar-refractivity contribution >= 4 is 35.9 Å². The molecule has 0 radical (unpaired) electrons. The van der Waals surface area contributed by atoms with Gasteiger partial charge in [-0.3, -0.25) is 4.99 Å². The molecule has 1 aromatic heterocycles. The number of hydrogen-bond acceptors (Lipinski definition) is 4. The van der Waals surface area contributed by atoms with Gasteiger partial charge < -0.3 is 15.5 Å². The van der Waals surface area contributed by atoms with Gasteiger partial charge in [-0.1, -0.05) is 24.3 Å². The quantitative estimate of drug-likeness (QED) is 0.418. The Hall–Kier alpha value is -1.90. The van der Waals surface area contributed by atoms with E-state index >= 15 is 0 Å². The van der Waals surface area contributed by atoms with Crippen LogP contribution >= 0.6 is 24.0 Å². The molecule has 0 bridgehead atoms. The Balaban J connectivity index is 0.00000210. The van der Waals surface area contributed by atoms with Crippen LogP contribution < -0.4 is 10.6 Å². The SMILES string of the molecule is I.NC(=NCC1CCCc2ccccc21)N1CCN(c2ncccn2)CC1. The molecule has 1 aliphatic heterocycles. The Morgan fingerprint density at radius 3 is 2.59 bits per heavy atom. The summed E-state index contributed by atoms with van der Waals surface area (Å²) in [6.07, 6.45) is 7.20. The number of anilines is 1. The molecular weight excluding hydrogens is 451 g/mol. The van der Waals surface area contributed by atoms with Crippen molar-refractivity contribution in [3.8, 4) is 0 Å². The summed E-state index contributed by atoms with van der Waals surface area (Å²) in [4.78, 5) is 17.8. The van der Waals surface area contributed by atoms with Crippen LogP contribution in [-0.2, 0) is 6.42 Å². The molecule has 0 spiro atoms. The van der Waals surface area contributed by atoms with Crippen LogP contribution in [0.3, 0.4) is 0 Å². The number of fused-ring (bicyclic) bond motifs is 1. The van der Waals surface area contributed by atoms with Crippen molar-refractivity contribution in [2.24, 2.45) is 10.7 Å². The van der Waals surface area contributed by atoms with E-state index in [0.29, 0.717) is 11.9 Å². The highest BCUT2D eigenvalue weighted by atomic mass is 127. The van der Waals surface area contributed by atoms with Crippen LogP contribution in [0.25, 0.3) is 0 Å². The molecule has 1 aromatic carbocycles. The number of aliphatic imine (C=N–C) groups is 1. The third-order valence-corrected chi connectivity index (χ3v) is 5.41. The number of benzene rings is 1. The summed E-state index contributed by atoms with van der Waals surface area (Å²) in [6.45, 7) is 4.23. The number of aromatic nitrogens is 2. The predicted molar refractivity (Wildman–Crippen MR) is 120 cm³/mol. The Labute approximate surface area is 177 Å². The molecule has 2 aliphatic rings. The van der Waals surface area contributed by atoms with Crippen molar-refractivity contribution in [1.29, 1.82) is 0 Å². The lowest BCUT2D eigenvalue weighted by Gasteiger charge is -2.35. The van der Waals surface area contributed by atoms with Gasteiger partial charge in [0.05, 0.1) is 0 Å². The van der Waals surface area contributed by atoms with Gasteiger partial charge in [0, 0.05) is 51.0 Å². The molecule has 6 nitrogen and oxygen atoms in total. The smallest absolute Gasteiger partial charge is 0.225 e. The Bertz CT molecular complexity index is 758. The molecule has 2 aromatic rings. The van der Waals surface area contributed by atoms with Gasteiger partial charge >= 0.3 is 0 Å². The Morgan fingerprint density at radius 2 is 1.81 bits per heavy atom. The topological polar surface area (TPSA) is 70.6 Å². The van der Waals surface area contributed by atoms with Crippen molar-refractivity contribution in [2.45, 2.75) is 25.2 Å². The van der Waals surface area contributed by atoms with Gasteiger partial charge in [-0.2, -0.15) is 0 Å². The molecule has 4 rings (SSSR count). The van der Waals surface area contributed by atoms with Crippen molar-refractivity contribution < 1.29 is 0 Å². The fraction of sp³-hybridized carbons (Fsp3) is 0.450. The Morgan fingerprint density at radius 1 is 1.07 bits per heavy atom. The van der Waals surface area contributed by atoms with Gasteiger partial charge in [-0.15, -0.1) is 24.0 Å². The maximum atomic E-state index is 6.30. The molecule has 2 N–H and O–H groups in total. The number of aryl methyl sites for hydroxylation is 1. The van der Waals surface area contributed by atoms with Gasteiger partial charge in [-0.05, 0) is 36.5 Å². The van der Waals surface area contributed by atoms with Crippen molar-refractivity contribution in [3.63, 3.8) is 0 Å². The lowest BCUT2D eigenvalue weighted by atomic mass is 9.83. The fourth-order valence-corrected chi connectivity index (χ4v) is 3.94. The minimum absolute atomic E-state index is 0. The van der Waals surface area contributed by atoms with Gasteiger partial charge in [0.15, 0.2) is 5.96 Å². The molecule has 0 amide bonds. The van der Waals surface area contributed by atoms with E-state index in [9.17, 15) is 0 Å². The van der Waals surface area contributed by atoms with Crippen LogP contribution in [0.15, 0.2) is 47.7 Å². The van der Waals surface area contributed by atoms with E-state index in [4.69, 9.17) is 10.7 Å². The molecule has 0 saturated carbocycles. The molecule has 1 saturated heterocycles. The number of halogens is 1. The molecule has 1 fully saturated rings. The average Bonchev–Trinajstić information content (AvgIpc) is 2.73. The number of nitrogens with zero attached hydrogens (tertiary/aromatic N) is 5. The van der Waals surface area contributed by atoms with Crippen LogP contribution in [0, 0.1) is 0 Å². The second-order valence-electron chi connectivity index (χ2n) is 7.01. The predicted octanol–water partition coefficient (Wildman–Crippen LogP) is 2.65. The van der Waals surface area contributed by atoms with Crippen LogP contribution in [-0.4, -0.2) is 53.6 Å². The summed E-state index contributed by atoms with van der Waals surface area (Å²) in [5, 5.41) is 0. The second kappa shape index (κ2) is 9.34. The average molecular weight is 478 g/mol. The van der Waals surface area contributed by atoms with E-state index in [1.807, 2.05) is 6.07 Å². The summed E-state index contributed by atoms with van der Waals surface area (Å²) < 4.78 is 0. The molecule has 144 valence electrons. The first-order valence-corrected chi connectivity index (χ1v) is 9.46. The zero-order valence-corrected chi connectivity index (χ0v) is 17.8. The monoisotopic (exact) mass is 478 g/mol. The molecular formula is C20H27IN6. The zero-order chi connectivity index (χ0) is 17.8. The van der Waals surface area contributed by atoms with Gasteiger partial charge in [0.2, 0.25) is 5.95 Å².